The first-order valence-electron chi connectivity index (χ1n) is 9.34. The number of rotatable bonds is 5. The third kappa shape index (κ3) is 3.58. The molecular formula is C21H22F3N3O. The second kappa shape index (κ2) is 7.47. The third-order valence-corrected chi connectivity index (χ3v) is 5.46. The van der Waals surface area contributed by atoms with Crippen molar-refractivity contribution in [3.8, 4) is 16.9 Å². The predicted octanol–water partition coefficient (Wildman–Crippen LogP) is 5.08. The van der Waals surface area contributed by atoms with E-state index in [9.17, 15) is 13.2 Å². The van der Waals surface area contributed by atoms with Crippen molar-refractivity contribution < 1.29 is 17.9 Å². The smallest absolute Gasteiger partial charge is 0.266 e. The molecule has 0 amide bonds. The number of H-pyrrole nitrogens is 1. The zero-order valence-electron chi connectivity index (χ0n) is 15.6. The summed E-state index contributed by atoms with van der Waals surface area (Å²) in [5.74, 6) is -0.268. The molecule has 7 heteroatoms. The lowest BCUT2D eigenvalue weighted by Crippen LogP contribution is -2.38. The Balaban J connectivity index is 1.70. The Hall–Kier alpha value is -2.54. The molecule has 0 bridgehead atoms. The zero-order chi connectivity index (χ0) is 19.7. The van der Waals surface area contributed by atoms with Gasteiger partial charge in [-0.1, -0.05) is 13.0 Å². The van der Waals surface area contributed by atoms with E-state index in [1.807, 2.05) is 0 Å². The van der Waals surface area contributed by atoms with E-state index >= 15 is 0 Å². The van der Waals surface area contributed by atoms with Gasteiger partial charge in [0, 0.05) is 23.4 Å². The normalized spacial score (nSPS) is 16.6. The number of ether oxygens (including phenoxy) is 1. The number of nitrogens with one attached hydrogen (secondary N) is 2. The molecule has 1 aliphatic rings. The fourth-order valence-electron chi connectivity index (χ4n) is 3.68. The summed E-state index contributed by atoms with van der Waals surface area (Å²) in [7, 11) is 0. The SMILES string of the molecule is CC1(COc2ccnc3[nH]cc(-c4ccc(F)c(C(F)F)c4)c23)CCNCC1. The highest BCUT2D eigenvalue weighted by Gasteiger charge is 2.28. The van der Waals surface area contributed by atoms with E-state index in [1.54, 1.807) is 18.5 Å². The minimum Gasteiger partial charge on any atom is -0.492 e. The fourth-order valence-corrected chi connectivity index (χ4v) is 3.68. The molecule has 3 heterocycles. The Morgan fingerprint density at radius 2 is 2.00 bits per heavy atom. The van der Waals surface area contributed by atoms with Gasteiger partial charge in [0.15, 0.2) is 0 Å². The highest BCUT2D eigenvalue weighted by atomic mass is 19.3. The summed E-state index contributed by atoms with van der Waals surface area (Å²) in [5, 5.41) is 4.07. The molecule has 4 rings (SSSR count). The summed E-state index contributed by atoms with van der Waals surface area (Å²) < 4.78 is 46.1. The van der Waals surface area contributed by atoms with E-state index < -0.39 is 17.8 Å². The molecule has 0 atom stereocenters. The van der Waals surface area contributed by atoms with Crippen LogP contribution in [0.5, 0.6) is 5.75 Å². The number of hydrogen-bond donors (Lipinski definition) is 2. The first kappa shape index (κ1) is 18.8. The van der Waals surface area contributed by atoms with Crippen molar-refractivity contribution in [1.82, 2.24) is 15.3 Å². The molecule has 0 unspecified atom stereocenters. The number of halogens is 3. The van der Waals surface area contributed by atoms with Crippen LogP contribution >= 0.6 is 0 Å². The first-order chi connectivity index (χ1) is 13.5. The third-order valence-electron chi connectivity index (χ3n) is 5.46. The van der Waals surface area contributed by atoms with Gasteiger partial charge in [-0.15, -0.1) is 0 Å². The van der Waals surface area contributed by atoms with Gasteiger partial charge in [-0.25, -0.2) is 18.2 Å². The molecular weight excluding hydrogens is 367 g/mol. The van der Waals surface area contributed by atoms with Gasteiger partial charge >= 0.3 is 0 Å². The summed E-state index contributed by atoms with van der Waals surface area (Å²) in [5.41, 5.74) is 1.23. The van der Waals surface area contributed by atoms with Gasteiger partial charge in [-0.3, -0.25) is 0 Å². The topological polar surface area (TPSA) is 49.9 Å². The van der Waals surface area contributed by atoms with Crippen LogP contribution in [0, 0.1) is 11.2 Å². The lowest BCUT2D eigenvalue weighted by molar-refractivity contribution is 0.124. The van der Waals surface area contributed by atoms with Crippen molar-refractivity contribution in [3.05, 3.63) is 48.0 Å². The van der Waals surface area contributed by atoms with Crippen LogP contribution < -0.4 is 10.1 Å². The highest BCUT2D eigenvalue weighted by molar-refractivity contribution is 5.98. The second-order valence-electron chi connectivity index (χ2n) is 7.62. The summed E-state index contributed by atoms with van der Waals surface area (Å²) in [6.07, 6.45) is 2.52. The Morgan fingerprint density at radius 1 is 1.21 bits per heavy atom. The van der Waals surface area contributed by atoms with Crippen LogP contribution in [0.3, 0.4) is 0 Å². The number of aromatic amines is 1. The molecule has 1 saturated heterocycles. The van der Waals surface area contributed by atoms with E-state index in [1.165, 1.54) is 12.1 Å². The Morgan fingerprint density at radius 3 is 2.75 bits per heavy atom. The van der Waals surface area contributed by atoms with Gasteiger partial charge in [-0.05, 0) is 49.7 Å². The molecule has 28 heavy (non-hydrogen) atoms. The molecule has 4 nitrogen and oxygen atoms in total. The predicted molar refractivity (Wildman–Crippen MR) is 102 cm³/mol. The monoisotopic (exact) mass is 389 g/mol. The zero-order valence-corrected chi connectivity index (χ0v) is 15.6. The molecule has 1 fully saturated rings. The van der Waals surface area contributed by atoms with Crippen molar-refractivity contribution in [2.45, 2.75) is 26.2 Å². The number of fused-ring (bicyclic) bond motifs is 1. The van der Waals surface area contributed by atoms with Crippen molar-refractivity contribution in [2.24, 2.45) is 5.41 Å². The summed E-state index contributed by atoms with van der Waals surface area (Å²) in [6, 6.07) is 5.53. The number of nitrogens with zero attached hydrogens (tertiary/aromatic N) is 1. The molecule has 0 spiro atoms. The van der Waals surface area contributed by atoms with E-state index in [4.69, 9.17) is 4.74 Å². The van der Waals surface area contributed by atoms with Gasteiger partial charge in [0.1, 0.15) is 17.2 Å². The van der Waals surface area contributed by atoms with Crippen molar-refractivity contribution in [3.63, 3.8) is 0 Å². The molecule has 1 aromatic carbocycles. The first-order valence-corrected chi connectivity index (χ1v) is 9.34. The van der Waals surface area contributed by atoms with Crippen LogP contribution in [0.25, 0.3) is 22.2 Å². The molecule has 2 aromatic heterocycles. The van der Waals surface area contributed by atoms with Crippen LogP contribution in [0.4, 0.5) is 13.2 Å². The van der Waals surface area contributed by atoms with Crippen molar-refractivity contribution in [2.75, 3.05) is 19.7 Å². The molecule has 0 radical (unpaired) electrons. The lowest BCUT2D eigenvalue weighted by Gasteiger charge is -2.33. The van der Waals surface area contributed by atoms with Gasteiger partial charge in [0.25, 0.3) is 6.43 Å². The van der Waals surface area contributed by atoms with E-state index in [-0.39, 0.29) is 5.41 Å². The Bertz CT molecular complexity index is 980. The van der Waals surface area contributed by atoms with Crippen molar-refractivity contribution >= 4 is 11.0 Å². The number of hydrogen-bond acceptors (Lipinski definition) is 3. The minimum atomic E-state index is -2.88. The standard InChI is InChI=1S/C21H22F3N3O/c1-21(5-8-25-9-6-21)12-28-17-4-7-26-20-18(17)15(11-27-20)13-2-3-16(22)14(10-13)19(23)24/h2-4,7,10-11,19,25H,5-6,8-9,12H2,1H3,(H,26,27). The van der Waals surface area contributed by atoms with E-state index in [2.05, 4.69) is 22.2 Å². The fraction of sp³-hybridized carbons (Fsp3) is 0.381. The van der Waals surface area contributed by atoms with Gasteiger partial charge < -0.3 is 15.0 Å². The highest BCUT2D eigenvalue weighted by Crippen LogP contribution is 2.37. The van der Waals surface area contributed by atoms with Gasteiger partial charge in [0.05, 0.1) is 17.6 Å². The van der Waals surface area contributed by atoms with Crippen LogP contribution in [-0.4, -0.2) is 29.7 Å². The van der Waals surface area contributed by atoms with Crippen LogP contribution in [-0.2, 0) is 0 Å². The maximum absolute atomic E-state index is 13.7. The number of aromatic nitrogens is 2. The number of alkyl halides is 2. The van der Waals surface area contributed by atoms with Crippen molar-refractivity contribution in [1.29, 1.82) is 0 Å². The molecule has 2 N–H and O–H groups in total. The summed E-state index contributed by atoms with van der Waals surface area (Å²) >= 11 is 0. The molecule has 148 valence electrons. The molecule has 0 saturated carbocycles. The van der Waals surface area contributed by atoms with Crippen LogP contribution in [0.2, 0.25) is 0 Å². The van der Waals surface area contributed by atoms with Crippen LogP contribution in [0.1, 0.15) is 31.8 Å². The number of piperidine rings is 1. The minimum absolute atomic E-state index is 0.0794. The maximum atomic E-state index is 13.7. The quantitative estimate of drug-likeness (QED) is 0.640. The average molecular weight is 389 g/mol. The largest absolute Gasteiger partial charge is 0.492 e. The van der Waals surface area contributed by atoms with E-state index in [0.717, 1.165) is 32.0 Å². The summed E-state index contributed by atoms with van der Waals surface area (Å²) in [6.45, 7) is 4.70. The number of pyridine rings is 1. The second-order valence-corrected chi connectivity index (χ2v) is 7.62. The lowest BCUT2D eigenvalue weighted by atomic mass is 9.82. The van der Waals surface area contributed by atoms with Gasteiger partial charge in [0.2, 0.25) is 0 Å². The van der Waals surface area contributed by atoms with E-state index in [0.29, 0.717) is 34.5 Å². The average Bonchev–Trinajstić information content (AvgIpc) is 3.12. The van der Waals surface area contributed by atoms with Crippen LogP contribution in [0.15, 0.2) is 36.7 Å². The molecule has 1 aliphatic heterocycles. The Kier molecular flexibility index (Phi) is 5.02. The Labute approximate surface area is 161 Å². The summed E-state index contributed by atoms with van der Waals surface area (Å²) in [4.78, 5) is 7.36. The number of benzene rings is 1. The molecule has 3 aromatic rings. The molecule has 0 aliphatic carbocycles. The maximum Gasteiger partial charge on any atom is 0.266 e. The van der Waals surface area contributed by atoms with Gasteiger partial charge in [-0.2, -0.15) is 0 Å².